The highest BCUT2D eigenvalue weighted by molar-refractivity contribution is 6.33. The highest BCUT2D eigenvalue weighted by Crippen LogP contribution is 2.34. The number of rotatable bonds is 4. The molecule has 1 aromatic rings. The lowest BCUT2D eigenvalue weighted by Crippen LogP contribution is -2.44. The van der Waals surface area contributed by atoms with Gasteiger partial charge in [0, 0.05) is 38.4 Å². The van der Waals surface area contributed by atoms with Crippen LogP contribution in [0.5, 0.6) is 0 Å². The van der Waals surface area contributed by atoms with Crippen LogP contribution in [0.15, 0.2) is 17.3 Å². The molecule has 0 aliphatic carbocycles. The fourth-order valence-electron chi connectivity index (χ4n) is 2.56. The van der Waals surface area contributed by atoms with Gasteiger partial charge >= 0.3 is 6.18 Å². The molecule has 0 saturated carbocycles. The van der Waals surface area contributed by atoms with Crippen molar-refractivity contribution >= 4 is 23.4 Å². The molecule has 1 aromatic heterocycles. The lowest BCUT2D eigenvalue weighted by Gasteiger charge is -2.21. The first-order chi connectivity index (χ1) is 11.3. The summed E-state index contributed by atoms with van der Waals surface area (Å²) in [6, 6.07) is 1.06. The molecule has 1 aliphatic rings. The van der Waals surface area contributed by atoms with Gasteiger partial charge in [0.1, 0.15) is 5.82 Å². The van der Waals surface area contributed by atoms with Crippen molar-refractivity contribution in [2.45, 2.75) is 32.5 Å². The fourth-order valence-corrected chi connectivity index (χ4v) is 2.85. The van der Waals surface area contributed by atoms with Crippen molar-refractivity contribution < 1.29 is 13.2 Å². The largest absolute Gasteiger partial charge is 0.417 e. The van der Waals surface area contributed by atoms with Crippen molar-refractivity contribution in [2.75, 3.05) is 31.1 Å². The molecule has 2 heterocycles. The topological polar surface area (TPSA) is 52.6 Å². The fraction of sp³-hybridized carbons (Fsp3) is 0.600. The molecule has 0 aromatic carbocycles. The standard InChI is InChI=1S/C15H21ClF3N5/c1-3-20-14(21-4-2)23-11-5-6-24(9-11)13-12(16)7-10(8-22-13)15(17,18)19/h7-8,11H,3-6,9H2,1-2H3,(H2,20,21,23). The van der Waals surface area contributed by atoms with Crippen LogP contribution >= 0.6 is 11.6 Å². The molecule has 1 aliphatic heterocycles. The van der Waals surface area contributed by atoms with Crippen LogP contribution in [-0.2, 0) is 6.18 Å². The van der Waals surface area contributed by atoms with Gasteiger partial charge in [-0.1, -0.05) is 11.6 Å². The Bertz CT molecular complexity index is 591. The van der Waals surface area contributed by atoms with E-state index in [-0.39, 0.29) is 11.1 Å². The van der Waals surface area contributed by atoms with Crippen molar-refractivity contribution in [1.29, 1.82) is 0 Å². The number of alkyl halides is 3. The maximum absolute atomic E-state index is 12.7. The van der Waals surface area contributed by atoms with E-state index in [1.807, 2.05) is 18.7 Å². The number of nitrogens with zero attached hydrogens (tertiary/aromatic N) is 3. The average molecular weight is 364 g/mol. The average Bonchev–Trinajstić information content (AvgIpc) is 2.95. The van der Waals surface area contributed by atoms with E-state index in [1.54, 1.807) is 0 Å². The Morgan fingerprint density at radius 1 is 1.46 bits per heavy atom. The summed E-state index contributed by atoms with van der Waals surface area (Å²) < 4.78 is 38.1. The van der Waals surface area contributed by atoms with Gasteiger partial charge in [-0.05, 0) is 26.3 Å². The SMILES string of the molecule is CCN=C(NCC)NC1CCN(c2ncc(C(F)(F)F)cc2Cl)C1. The predicted octanol–water partition coefficient (Wildman–Crippen LogP) is 2.91. The van der Waals surface area contributed by atoms with Crippen LogP contribution in [0.4, 0.5) is 19.0 Å². The number of halogens is 4. The molecule has 1 saturated heterocycles. The Balaban J connectivity index is 2.04. The van der Waals surface area contributed by atoms with E-state index in [4.69, 9.17) is 11.6 Å². The molecule has 1 fully saturated rings. The zero-order valence-electron chi connectivity index (χ0n) is 13.6. The molecule has 1 atom stereocenters. The number of hydrogen-bond acceptors (Lipinski definition) is 3. The summed E-state index contributed by atoms with van der Waals surface area (Å²) in [6.07, 6.45) is -2.79. The van der Waals surface area contributed by atoms with E-state index in [9.17, 15) is 13.2 Å². The van der Waals surface area contributed by atoms with Crippen molar-refractivity contribution in [3.05, 3.63) is 22.8 Å². The first-order valence-electron chi connectivity index (χ1n) is 7.87. The summed E-state index contributed by atoms with van der Waals surface area (Å²) in [6.45, 7) is 6.63. The number of nitrogens with one attached hydrogen (secondary N) is 2. The number of aromatic nitrogens is 1. The van der Waals surface area contributed by atoms with E-state index in [1.165, 1.54) is 0 Å². The van der Waals surface area contributed by atoms with Gasteiger partial charge in [0.05, 0.1) is 10.6 Å². The van der Waals surface area contributed by atoms with Crippen LogP contribution in [0.3, 0.4) is 0 Å². The molecular weight excluding hydrogens is 343 g/mol. The maximum Gasteiger partial charge on any atom is 0.417 e. The molecule has 24 heavy (non-hydrogen) atoms. The minimum absolute atomic E-state index is 0.0135. The zero-order chi connectivity index (χ0) is 17.7. The second kappa shape index (κ2) is 7.92. The second-order valence-corrected chi connectivity index (χ2v) is 5.86. The number of aliphatic imine (C=N–C) groups is 1. The van der Waals surface area contributed by atoms with Gasteiger partial charge in [-0.15, -0.1) is 0 Å². The smallest absolute Gasteiger partial charge is 0.357 e. The molecule has 5 nitrogen and oxygen atoms in total. The Kier molecular flexibility index (Phi) is 6.15. The minimum atomic E-state index is -4.44. The summed E-state index contributed by atoms with van der Waals surface area (Å²) >= 11 is 6.01. The van der Waals surface area contributed by atoms with Gasteiger partial charge in [0.15, 0.2) is 5.96 Å². The van der Waals surface area contributed by atoms with Crippen LogP contribution in [-0.4, -0.2) is 43.2 Å². The molecule has 2 rings (SSSR count). The second-order valence-electron chi connectivity index (χ2n) is 5.46. The Labute approximate surface area is 144 Å². The first-order valence-corrected chi connectivity index (χ1v) is 8.25. The van der Waals surface area contributed by atoms with Crippen molar-refractivity contribution in [3.8, 4) is 0 Å². The first kappa shape index (κ1) is 18.6. The quantitative estimate of drug-likeness (QED) is 0.638. The van der Waals surface area contributed by atoms with E-state index in [0.717, 1.165) is 31.2 Å². The van der Waals surface area contributed by atoms with Crippen molar-refractivity contribution in [2.24, 2.45) is 4.99 Å². The molecule has 0 amide bonds. The van der Waals surface area contributed by atoms with Gasteiger partial charge in [0.25, 0.3) is 0 Å². The van der Waals surface area contributed by atoms with Gasteiger partial charge in [-0.3, -0.25) is 4.99 Å². The van der Waals surface area contributed by atoms with Gasteiger partial charge in [0.2, 0.25) is 0 Å². The number of hydrogen-bond donors (Lipinski definition) is 2. The van der Waals surface area contributed by atoms with E-state index >= 15 is 0 Å². The summed E-state index contributed by atoms with van der Waals surface area (Å²) in [7, 11) is 0. The highest BCUT2D eigenvalue weighted by atomic mass is 35.5. The lowest BCUT2D eigenvalue weighted by molar-refractivity contribution is -0.137. The molecule has 0 radical (unpaired) electrons. The van der Waals surface area contributed by atoms with Crippen molar-refractivity contribution in [3.63, 3.8) is 0 Å². The van der Waals surface area contributed by atoms with Crippen LogP contribution < -0.4 is 15.5 Å². The molecule has 0 bridgehead atoms. The monoisotopic (exact) mass is 363 g/mol. The van der Waals surface area contributed by atoms with Crippen LogP contribution in [0.25, 0.3) is 0 Å². The number of pyridine rings is 1. The normalized spacial score (nSPS) is 18.8. The predicted molar refractivity (Wildman–Crippen MR) is 89.7 cm³/mol. The van der Waals surface area contributed by atoms with Crippen LogP contribution in [0, 0.1) is 0 Å². The number of guanidine groups is 1. The third-order valence-electron chi connectivity index (χ3n) is 3.64. The van der Waals surface area contributed by atoms with Gasteiger partial charge in [-0.25, -0.2) is 4.98 Å². The maximum atomic E-state index is 12.7. The third-order valence-corrected chi connectivity index (χ3v) is 3.92. The third kappa shape index (κ3) is 4.66. The molecule has 134 valence electrons. The molecule has 2 N–H and O–H groups in total. The molecule has 9 heteroatoms. The summed E-state index contributed by atoms with van der Waals surface area (Å²) in [5, 5.41) is 6.49. The summed E-state index contributed by atoms with van der Waals surface area (Å²) in [5.41, 5.74) is -0.838. The van der Waals surface area contributed by atoms with Gasteiger partial charge < -0.3 is 15.5 Å². The van der Waals surface area contributed by atoms with Crippen molar-refractivity contribution in [1.82, 2.24) is 15.6 Å². The van der Waals surface area contributed by atoms with E-state index < -0.39 is 11.7 Å². The molecule has 0 spiro atoms. The minimum Gasteiger partial charge on any atom is -0.357 e. The highest BCUT2D eigenvalue weighted by Gasteiger charge is 2.33. The Morgan fingerprint density at radius 2 is 2.21 bits per heavy atom. The van der Waals surface area contributed by atoms with E-state index in [2.05, 4.69) is 20.6 Å². The Morgan fingerprint density at radius 3 is 2.79 bits per heavy atom. The van der Waals surface area contributed by atoms with Crippen LogP contribution in [0.2, 0.25) is 5.02 Å². The number of anilines is 1. The molecule has 1 unspecified atom stereocenters. The van der Waals surface area contributed by atoms with Gasteiger partial charge in [-0.2, -0.15) is 13.2 Å². The summed E-state index contributed by atoms with van der Waals surface area (Å²) in [4.78, 5) is 10.1. The van der Waals surface area contributed by atoms with E-state index in [0.29, 0.717) is 25.5 Å². The lowest BCUT2D eigenvalue weighted by atomic mass is 10.2. The Hall–Kier alpha value is -1.70. The molecular formula is C15H21ClF3N5. The summed E-state index contributed by atoms with van der Waals surface area (Å²) in [5.74, 6) is 1.12. The zero-order valence-corrected chi connectivity index (χ0v) is 14.4. The van der Waals surface area contributed by atoms with Crippen LogP contribution in [0.1, 0.15) is 25.8 Å².